The summed E-state index contributed by atoms with van der Waals surface area (Å²) in [7, 11) is 0. The number of aromatic hydroxyl groups is 1. The van der Waals surface area contributed by atoms with E-state index in [1.165, 1.54) is 31.2 Å². The van der Waals surface area contributed by atoms with Gasteiger partial charge >= 0.3 is 0 Å². The summed E-state index contributed by atoms with van der Waals surface area (Å²) in [6, 6.07) is 7.45. The summed E-state index contributed by atoms with van der Waals surface area (Å²) < 4.78 is 0. The van der Waals surface area contributed by atoms with E-state index in [0.29, 0.717) is 11.1 Å². The van der Waals surface area contributed by atoms with Crippen molar-refractivity contribution in [1.29, 1.82) is 0 Å². The first kappa shape index (κ1) is 11.8. The Morgan fingerprint density at radius 2 is 1.81 bits per heavy atom. The van der Waals surface area contributed by atoms with Gasteiger partial charge < -0.3 is 5.11 Å². The molecule has 0 amide bonds. The lowest BCUT2D eigenvalue weighted by Crippen LogP contribution is -2.12. The molecule has 0 spiro atoms. The molecule has 0 bridgehead atoms. The van der Waals surface area contributed by atoms with Crippen molar-refractivity contribution >= 4 is 11.6 Å². The van der Waals surface area contributed by atoms with E-state index in [4.69, 9.17) is 11.6 Å². The third-order valence-corrected chi connectivity index (χ3v) is 4.13. The Morgan fingerprint density at radius 3 is 2.44 bits per heavy atom. The van der Waals surface area contributed by atoms with Gasteiger partial charge in [-0.2, -0.15) is 0 Å². The van der Waals surface area contributed by atoms with Gasteiger partial charge in [-0.1, -0.05) is 25.0 Å². The molecule has 0 aliphatic heterocycles. The Kier molecular flexibility index (Phi) is 4.11. The van der Waals surface area contributed by atoms with Crippen molar-refractivity contribution in [2.24, 2.45) is 5.92 Å². The second-order valence-corrected chi connectivity index (χ2v) is 5.33. The summed E-state index contributed by atoms with van der Waals surface area (Å²) in [6.07, 6.45) is 7.40. The SMILES string of the molecule is Oc1ccc(CCC(Cl)C2CCCC2)cc1. The quantitative estimate of drug-likeness (QED) is 0.783. The van der Waals surface area contributed by atoms with Crippen LogP contribution in [0.25, 0.3) is 0 Å². The number of benzene rings is 1. The van der Waals surface area contributed by atoms with Gasteiger partial charge in [-0.15, -0.1) is 11.6 Å². The van der Waals surface area contributed by atoms with Crippen LogP contribution in [-0.4, -0.2) is 10.5 Å². The molecule has 1 aromatic rings. The number of alkyl halides is 1. The minimum atomic E-state index is 0.330. The largest absolute Gasteiger partial charge is 0.508 e. The fourth-order valence-corrected chi connectivity index (χ4v) is 2.88. The summed E-state index contributed by atoms with van der Waals surface area (Å²) >= 11 is 6.42. The highest BCUT2D eigenvalue weighted by molar-refractivity contribution is 6.20. The first-order chi connectivity index (χ1) is 7.75. The van der Waals surface area contributed by atoms with E-state index < -0.39 is 0 Å². The van der Waals surface area contributed by atoms with Crippen LogP contribution in [0.5, 0.6) is 5.75 Å². The number of aryl methyl sites for hydroxylation is 1. The number of phenols is 1. The van der Waals surface area contributed by atoms with Gasteiger partial charge in [-0.3, -0.25) is 0 Å². The molecule has 1 saturated carbocycles. The zero-order chi connectivity index (χ0) is 11.4. The molecule has 1 fully saturated rings. The molecular weight excluding hydrogens is 220 g/mol. The molecule has 0 aromatic heterocycles. The van der Waals surface area contributed by atoms with Gasteiger partial charge in [0.2, 0.25) is 0 Å². The molecule has 1 N–H and O–H groups in total. The van der Waals surface area contributed by atoms with Gasteiger partial charge in [0, 0.05) is 5.38 Å². The lowest BCUT2D eigenvalue weighted by atomic mass is 9.98. The number of rotatable bonds is 4. The molecular formula is C14H19ClO. The summed E-state index contributed by atoms with van der Waals surface area (Å²) in [5, 5.41) is 9.51. The minimum absolute atomic E-state index is 0.330. The summed E-state index contributed by atoms with van der Waals surface area (Å²) in [4.78, 5) is 0. The van der Waals surface area contributed by atoms with Crippen LogP contribution in [0.2, 0.25) is 0 Å². The van der Waals surface area contributed by atoms with Crippen molar-refractivity contribution in [1.82, 2.24) is 0 Å². The van der Waals surface area contributed by atoms with Crippen LogP contribution < -0.4 is 0 Å². The number of hydrogen-bond acceptors (Lipinski definition) is 1. The van der Waals surface area contributed by atoms with Gasteiger partial charge in [0.15, 0.2) is 0 Å². The monoisotopic (exact) mass is 238 g/mol. The molecule has 0 heterocycles. The maximum Gasteiger partial charge on any atom is 0.115 e. The number of phenolic OH excluding ortho intramolecular Hbond substituents is 1. The Labute approximate surface area is 102 Å². The van der Waals surface area contributed by atoms with Gasteiger partial charge in [0.25, 0.3) is 0 Å². The second kappa shape index (κ2) is 5.58. The topological polar surface area (TPSA) is 20.2 Å². The molecule has 0 saturated heterocycles. The number of halogens is 1. The summed E-state index contributed by atoms with van der Waals surface area (Å²) in [5.74, 6) is 1.07. The van der Waals surface area contributed by atoms with Crippen LogP contribution in [0.15, 0.2) is 24.3 Å². The summed E-state index contributed by atoms with van der Waals surface area (Å²) in [6.45, 7) is 0. The highest BCUT2D eigenvalue weighted by Crippen LogP contribution is 2.32. The molecule has 0 radical (unpaired) electrons. The molecule has 1 aromatic carbocycles. The smallest absolute Gasteiger partial charge is 0.115 e. The van der Waals surface area contributed by atoms with Crippen LogP contribution in [0, 0.1) is 5.92 Å². The van der Waals surface area contributed by atoms with E-state index in [9.17, 15) is 5.11 Å². The van der Waals surface area contributed by atoms with Gasteiger partial charge in [-0.25, -0.2) is 0 Å². The van der Waals surface area contributed by atoms with Gasteiger partial charge in [-0.05, 0) is 49.3 Å². The van der Waals surface area contributed by atoms with E-state index in [2.05, 4.69) is 0 Å². The molecule has 1 aliphatic carbocycles. The van der Waals surface area contributed by atoms with Crippen molar-refractivity contribution < 1.29 is 5.11 Å². The molecule has 88 valence electrons. The highest BCUT2D eigenvalue weighted by atomic mass is 35.5. The second-order valence-electron chi connectivity index (χ2n) is 4.77. The first-order valence-electron chi connectivity index (χ1n) is 6.17. The van der Waals surface area contributed by atoms with E-state index >= 15 is 0 Å². The van der Waals surface area contributed by atoms with E-state index in [1.807, 2.05) is 12.1 Å². The molecule has 2 heteroatoms. The Bertz CT molecular complexity index is 314. The third-order valence-electron chi connectivity index (χ3n) is 3.56. The zero-order valence-electron chi connectivity index (χ0n) is 9.53. The van der Waals surface area contributed by atoms with E-state index in [1.54, 1.807) is 12.1 Å². The molecule has 1 nitrogen and oxygen atoms in total. The fraction of sp³-hybridized carbons (Fsp3) is 0.571. The predicted octanol–water partition coefficient (Wildman–Crippen LogP) is 4.12. The Morgan fingerprint density at radius 1 is 1.19 bits per heavy atom. The minimum Gasteiger partial charge on any atom is -0.508 e. The van der Waals surface area contributed by atoms with Crippen molar-refractivity contribution in [3.05, 3.63) is 29.8 Å². The van der Waals surface area contributed by atoms with Crippen LogP contribution in [0.4, 0.5) is 0 Å². The predicted molar refractivity (Wildman–Crippen MR) is 68.0 cm³/mol. The van der Waals surface area contributed by atoms with E-state index in [-0.39, 0.29) is 0 Å². The molecule has 1 aliphatic rings. The molecule has 1 unspecified atom stereocenters. The molecule has 1 atom stereocenters. The Balaban J connectivity index is 1.80. The number of hydrogen-bond donors (Lipinski definition) is 1. The van der Waals surface area contributed by atoms with Crippen molar-refractivity contribution in [3.63, 3.8) is 0 Å². The van der Waals surface area contributed by atoms with Crippen LogP contribution in [0.3, 0.4) is 0 Å². The van der Waals surface area contributed by atoms with Crippen molar-refractivity contribution in [2.45, 2.75) is 43.9 Å². The third kappa shape index (κ3) is 3.15. The van der Waals surface area contributed by atoms with Crippen LogP contribution in [0.1, 0.15) is 37.7 Å². The lowest BCUT2D eigenvalue weighted by Gasteiger charge is -2.16. The highest BCUT2D eigenvalue weighted by Gasteiger charge is 2.22. The van der Waals surface area contributed by atoms with Crippen molar-refractivity contribution in [2.75, 3.05) is 0 Å². The average Bonchev–Trinajstić information content (AvgIpc) is 2.81. The summed E-state index contributed by atoms with van der Waals surface area (Å²) in [5.41, 5.74) is 1.27. The normalized spacial score (nSPS) is 18.8. The Hall–Kier alpha value is -0.690. The first-order valence-corrected chi connectivity index (χ1v) is 6.61. The van der Waals surface area contributed by atoms with Gasteiger partial charge in [0.1, 0.15) is 5.75 Å². The van der Waals surface area contributed by atoms with Gasteiger partial charge in [0.05, 0.1) is 0 Å². The maximum absolute atomic E-state index is 9.18. The fourth-order valence-electron chi connectivity index (χ4n) is 2.52. The van der Waals surface area contributed by atoms with Crippen LogP contribution in [-0.2, 0) is 6.42 Å². The lowest BCUT2D eigenvalue weighted by molar-refractivity contribution is 0.474. The standard InChI is InChI=1S/C14H19ClO/c15-14(12-3-1-2-4-12)10-7-11-5-8-13(16)9-6-11/h5-6,8-9,12,14,16H,1-4,7,10H2. The zero-order valence-corrected chi connectivity index (χ0v) is 10.3. The molecule has 16 heavy (non-hydrogen) atoms. The average molecular weight is 239 g/mol. The maximum atomic E-state index is 9.18. The van der Waals surface area contributed by atoms with Crippen molar-refractivity contribution in [3.8, 4) is 5.75 Å². The van der Waals surface area contributed by atoms with E-state index in [0.717, 1.165) is 18.8 Å². The van der Waals surface area contributed by atoms with Crippen LogP contribution >= 0.6 is 11.6 Å². The molecule has 2 rings (SSSR count).